The number of carbonyl (C=O) groups excluding carboxylic acids is 1. The van der Waals surface area contributed by atoms with Gasteiger partial charge in [0.15, 0.2) is 5.13 Å². The first-order valence-electron chi connectivity index (χ1n) is 6.09. The zero-order valence-electron chi connectivity index (χ0n) is 11.1. The molecule has 7 heteroatoms. The van der Waals surface area contributed by atoms with Gasteiger partial charge in [0.25, 0.3) is 5.91 Å². The number of ether oxygens (including phenoxy) is 1. The Kier molecular flexibility index (Phi) is 3.65. The van der Waals surface area contributed by atoms with Gasteiger partial charge in [-0.1, -0.05) is 17.3 Å². The third-order valence-corrected chi connectivity index (χ3v) is 3.53. The van der Waals surface area contributed by atoms with Crippen LogP contribution >= 0.6 is 11.3 Å². The summed E-state index contributed by atoms with van der Waals surface area (Å²) < 4.78 is 10.1. The van der Waals surface area contributed by atoms with E-state index in [0.717, 1.165) is 17.0 Å². The number of hydrogen-bond acceptors (Lipinski definition) is 6. The number of hydrogen-bond donors (Lipinski definition) is 1. The number of benzene rings is 1. The van der Waals surface area contributed by atoms with Crippen LogP contribution in [0.2, 0.25) is 0 Å². The Morgan fingerprint density at radius 1 is 1.33 bits per heavy atom. The largest absolute Gasteiger partial charge is 0.496 e. The van der Waals surface area contributed by atoms with Crippen molar-refractivity contribution in [3.63, 3.8) is 0 Å². The predicted octanol–water partition coefficient (Wildman–Crippen LogP) is 3.06. The van der Waals surface area contributed by atoms with E-state index in [2.05, 4.69) is 15.5 Å². The Labute approximate surface area is 124 Å². The third-order valence-electron chi connectivity index (χ3n) is 2.77. The molecule has 0 spiro atoms. The molecular weight excluding hydrogens is 290 g/mol. The van der Waals surface area contributed by atoms with Gasteiger partial charge in [-0.3, -0.25) is 10.1 Å². The van der Waals surface area contributed by atoms with Crippen LogP contribution in [-0.2, 0) is 0 Å². The maximum Gasteiger partial charge on any atom is 0.296 e. The lowest BCUT2D eigenvalue weighted by atomic mass is 10.1. The summed E-state index contributed by atoms with van der Waals surface area (Å²) in [7, 11) is 1.61. The molecule has 0 aliphatic heterocycles. The summed E-state index contributed by atoms with van der Waals surface area (Å²) in [6.45, 7) is 0. The minimum Gasteiger partial charge on any atom is -0.496 e. The number of nitrogens with zero attached hydrogens (tertiary/aromatic N) is 2. The van der Waals surface area contributed by atoms with Crippen molar-refractivity contribution in [2.45, 2.75) is 0 Å². The summed E-state index contributed by atoms with van der Waals surface area (Å²) in [5.41, 5.74) is 1.61. The van der Waals surface area contributed by atoms with Gasteiger partial charge in [0.2, 0.25) is 5.76 Å². The van der Waals surface area contributed by atoms with Crippen molar-refractivity contribution >= 4 is 22.4 Å². The molecule has 106 valence electrons. The lowest BCUT2D eigenvalue weighted by molar-refractivity contribution is 0.0988. The molecule has 1 amide bonds. The molecule has 0 saturated carbocycles. The van der Waals surface area contributed by atoms with Gasteiger partial charge in [-0.2, -0.15) is 0 Å². The van der Waals surface area contributed by atoms with Gasteiger partial charge in [0.05, 0.1) is 19.0 Å². The molecule has 21 heavy (non-hydrogen) atoms. The monoisotopic (exact) mass is 301 g/mol. The number of rotatable bonds is 4. The van der Waals surface area contributed by atoms with Gasteiger partial charge < -0.3 is 9.26 Å². The zero-order chi connectivity index (χ0) is 14.7. The molecule has 0 aliphatic rings. The molecule has 0 atom stereocenters. The summed E-state index contributed by atoms with van der Waals surface area (Å²) in [4.78, 5) is 16.2. The van der Waals surface area contributed by atoms with E-state index in [1.807, 2.05) is 29.6 Å². The molecule has 0 saturated heterocycles. The number of aromatic nitrogens is 2. The van der Waals surface area contributed by atoms with Crippen molar-refractivity contribution in [1.82, 2.24) is 10.1 Å². The Balaban J connectivity index is 1.82. The highest BCUT2D eigenvalue weighted by atomic mass is 32.1. The van der Waals surface area contributed by atoms with Crippen LogP contribution in [-0.4, -0.2) is 23.2 Å². The summed E-state index contributed by atoms with van der Waals surface area (Å²) in [5.74, 6) is 0.494. The Morgan fingerprint density at radius 3 is 2.95 bits per heavy atom. The maximum absolute atomic E-state index is 11.8. The second-order valence-corrected chi connectivity index (χ2v) is 4.93. The van der Waals surface area contributed by atoms with Gasteiger partial charge in [-0.05, 0) is 12.1 Å². The highest BCUT2D eigenvalue weighted by Gasteiger charge is 2.14. The van der Waals surface area contributed by atoms with Crippen LogP contribution in [0.15, 0.2) is 46.4 Å². The minimum atomic E-state index is -0.381. The van der Waals surface area contributed by atoms with E-state index >= 15 is 0 Å². The molecule has 1 aromatic carbocycles. The summed E-state index contributed by atoms with van der Waals surface area (Å²) in [5, 5.41) is 8.50. The molecule has 2 heterocycles. The molecule has 3 aromatic rings. The molecule has 1 N–H and O–H groups in total. The highest BCUT2D eigenvalue weighted by Crippen LogP contribution is 2.31. The van der Waals surface area contributed by atoms with Crippen LogP contribution in [0.1, 0.15) is 10.6 Å². The van der Waals surface area contributed by atoms with E-state index in [4.69, 9.17) is 9.26 Å². The van der Waals surface area contributed by atoms with Gasteiger partial charge in [0.1, 0.15) is 5.75 Å². The Bertz CT molecular complexity index is 752. The fourth-order valence-electron chi connectivity index (χ4n) is 1.80. The number of methoxy groups -OCH3 is 1. The first-order chi connectivity index (χ1) is 10.3. The average Bonchev–Trinajstić information content (AvgIpc) is 3.18. The SMILES string of the molecule is COc1ccccc1-c1csc(NC(=O)c2ccno2)n1. The fourth-order valence-corrected chi connectivity index (χ4v) is 2.51. The van der Waals surface area contributed by atoms with Crippen LogP contribution in [0.25, 0.3) is 11.3 Å². The van der Waals surface area contributed by atoms with Crippen LogP contribution in [0, 0.1) is 0 Å². The van der Waals surface area contributed by atoms with Crippen molar-refractivity contribution in [2.75, 3.05) is 12.4 Å². The molecule has 0 fully saturated rings. The maximum atomic E-state index is 11.8. The van der Waals surface area contributed by atoms with Crippen molar-refractivity contribution in [1.29, 1.82) is 0 Å². The van der Waals surface area contributed by atoms with E-state index < -0.39 is 0 Å². The van der Waals surface area contributed by atoms with Crippen molar-refractivity contribution in [3.8, 4) is 17.0 Å². The molecule has 0 unspecified atom stereocenters. The molecule has 0 bridgehead atoms. The van der Waals surface area contributed by atoms with E-state index in [9.17, 15) is 4.79 Å². The number of carbonyl (C=O) groups is 1. The van der Waals surface area contributed by atoms with Crippen LogP contribution in [0.5, 0.6) is 5.75 Å². The van der Waals surface area contributed by atoms with Crippen molar-refractivity contribution in [3.05, 3.63) is 47.7 Å². The van der Waals surface area contributed by atoms with Crippen molar-refractivity contribution in [2.24, 2.45) is 0 Å². The highest BCUT2D eigenvalue weighted by molar-refractivity contribution is 7.14. The number of thiazole rings is 1. The molecule has 3 rings (SSSR count). The van der Waals surface area contributed by atoms with E-state index in [0.29, 0.717) is 5.13 Å². The van der Waals surface area contributed by atoms with Crippen LogP contribution < -0.4 is 10.1 Å². The van der Waals surface area contributed by atoms with E-state index in [1.165, 1.54) is 23.6 Å². The number of nitrogens with one attached hydrogen (secondary N) is 1. The van der Waals surface area contributed by atoms with Crippen molar-refractivity contribution < 1.29 is 14.1 Å². The second kappa shape index (κ2) is 5.76. The lowest BCUT2D eigenvalue weighted by Gasteiger charge is -2.04. The van der Waals surface area contributed by atoms with E-state index in [1.54, 1.807) is 7.11 Å². The standard InChI is InChI=1S/C14H11N3O3S/c1-19-11-5-3-2-4-9(11)10-8-21-14(16-10)17-13(18)12-6-7-15-20-12/h2-8H,1H3,(H,16,17,18). The third kappa shape index (κ3) is 2.77. The van der Waals surface area contributed by atoms with Gasteiger partial charge in [0, 0.05) is 17.0 Å². The lowest BCUT2D eigenvalue weighted by Crippen LogP contribution is -2.10. The summed E-state index contributed by atoms with van der Waals surface area (Å²) in [6, 6.07) is 9.06. The van der Waals surface area contributed by atoms with Gasteiger partial charge in [-0.15, -0.1) is 11.3 Å². The molecular formula is C14H11N3O3S. The molecule has 0 aliphatic carbocycles. The van der Waals surface area contributed by atoms with E-state index in [-0.39, 0.29) is 11.7 Å². The molecule has 2 aromatic heterocycles. The number of para-hydroxylation sites is 1. The first kappa shape index (κ1) is 13.3. The number of anilines is 1. The Hall–Kier alpha value is -2.67. The smallest absolute Gasteiger partial charge is 0.296 e. The minimum absolute atomic E-state index is 0.143. The zero-order valence-corrected chi connectivity index (χ0v) is 11.9. The van der Waals surface area contributed by atoms with Crippen LogP contribution in [0.3, 0.4) is 0 Å². The summed E-state index contributed by atoms with van der Waals surface area (Å²) in [6.07, 6.45) is 1.41. The topological polar surface area (TPSA) is 77.2 Å². The van der Waals surface area contributed by atoms with Crippen LogP contribution in [0.4, 0.5) is 5.13 Å². The predicted molar refractivity (Wildman–Crippen MR) is 78.6 cm³/mol. The normalized spacial score (nSPS) is 10.3. The van der Waals surface area contributed by atoms with Gasteiger partial charge in [-0.25, -0.2) is 4.98 Å². The average molecular weight is 301 g/mol. The number of amides is 1. The second-order valence-electron chi connectivity index (χ2n) is 4.07. The first-order valence-corrected chi connectivity index (χ1v) is 6.97. The molecule has 6 nitrogen and oxygen atoms in total. The Morgan fingerprint density at radius 2 is 2.19 bits per heavy atom. The fraction of sp³-hybridized carbons (Fsp3) is 0.0714. The van der Waals surface area contributed by atoms with Gasteiger partial charge >= 0.3 is 0 Å². The summed E-state index contributed by atoms with van der Waals surface area (Å²) >= 11 is 1.33. The molecule has 0 radical (unpaired) electrons. The quantitative estimate of drug-likeness (QED) is 0.801.